The third-order valence-corrected chi connectivity index (χ3v) is 18.0. The predicted octanol–water partition coefficient (Wildman–Crippen LogP) is 4.68. The largest absolute Gasteiger partial charge is 0.378 e. The van der Waals surface area contributed by atoms with Crippen molar-refractivity contribution in [2.45, 2.75) is 122 Å². The SMILES string of the molecule is CCn1c(-c2cccnc2[C@H](C)OC)c2c3cc(ccc31)-c1cccc(c1)C[C@H](NC(=O)[C@H](C(C)C)N1CC[C@]3(CCN(C(=O)C#C[C@@]4(N(C)C)CCOC4)C3)C1=O)C(=O)N1CCC[C@@](C(=O)[SiH3])(COCC(C)(C)C2)N1. The molecule has 1 spiro atoms. The lowest BCUT2D eigenvalue weighted by atomic mass is 9.84. The van der Waals surface area contributed by atoms with Gasteiger partial charge < -0.3 is 38.7 Å². The van der Waals surface area contributed by atoms with E-state index in [1.54, 1.807) is 16.9 Å². The maximum absolute atomic E-state index is 15.2. The van der Waals surface area contributed by atoms with Crippen LogP contribution in [0.4, 0.5) is 0 Å². The highest BCUT2D eigenvalue weighted by molar-refractivity contribution is 6.60. The first kappa shape index (κ1) is 55.0. The van der Waals surface area contributed by atoms with Crippen molar-refractivity contribution in [2.24, 2.45) is 16.7 Å². The fourth-order valence-electron chi connectivity index (χ4n) is 12.5. The summed E-state index contributed by atoms with van der Waals surface area (Å²) in [5.41, 5.74) is 8.50. The Morgan fingerprint density at radius 3 is 2.45 bits per heavy atom. The molecule has 6 bridgehead atoms. The minimum Gasteiger partial charge on any atom is -0.378 e. The van der Waals surface area contributed by atoms with Gasteiger partial charge in [-0.1, -0.05) is 63.9 Å². The molecule has 0 unspecified atom stereocenters. The van der Waals surface area contributed by atoms with Crippen molar-refractivity contribution in [3.63, 3.8) is 0 Å². The summed E-state index contributed by atoms with van der Waals surface area (Å²) in [6.45, 7) is 15.8. The molecule has 2 aromatic heterocycles. The van der Waals surface area contributed by atoms with Crippen LogP contribution >= 0.6 is 0 Å². The number of pyridine rings is 1. The second-order valence-corrected chi connectivity index (χ2v) is 24.3. The van der Waals surface area contributed by atoms with Crippen LogP contribution in [0.15, 0.2) is 60.8 Å². The average molecular weight is 1060 g/mol. The Labute approximate surface area is 451 Å². The first-order valence-corrected chi connectivity index (χ1v) is 28.3. The lowest BCUT2D eigenvalue weighted by Crippen LogP contribution is -2.68. The molecule has 17 heteroatoms. The molecule has 4 fully saturated rings. The standard InChI is InChI=1S/C59H78N8O8Si/c1-10-65-47-18-17-42-32-44(47)45(51(65)43-16-12-25-60-49(43)39(4)73-9)33-56(5,6)35-75-37-59(55(72)76)20-13-26-67(62-59)53(70)46(31-40-14-11-15-41(42)30-40)61-52(69)50(38(2)3)66-28-23-57(54(66)71)22-27-64(34-57)48(68)19-21-58(63(7)8)24-29-74-36-58/h11-12,14-18,25,30,32,38-39,46,50,62H,10,13,20,22-24,26-29,31,33-37H2,1-9,76H3,(H,61,69)/t39-,46-,50-,57-,58+,59-/m0/s1. The summed E-state index contributed by atoms with van der Waals surface area (Å²) in [6, 6.07) is 16.9. The van der Waals surface area contributed by atoms with E-state index in [-0.39, 0.29) is 65.0 Å². The second kappa shape index (κ2) is 21.9. The van der Waals surface area contributed by atoms with E-state index in [4.69, 9.17) is 19.2 Å². The number of hydrazine groups is 1. The van der Waals surface area contributed by atoms with Crippen molar-refractivity contribution in [3.8, 4) is 34.2 Å². The van der Waals surface area contributed by atoms with Gasteiger partial charge in [0, 0.05) is 81.9 Å². The number of aromatic nitrogens is 2. The van der Waals surface area contributed by atoms with Gasteiger partial charge in [-0.2, -0.15) is 0 Å². The molecular weight excluding hydrogens is 977 g/mol. The number of hydrogen-bond donors (Lipinski definition) is 2. The molecule has 0 aliphatic carbocycles. The molecule has 0 saturated carbocycles. The van der Waals surface area contributed by atoms with Crippen molar-refractivity contribution >= 4 is 50.2 Å². The number of methoxy groups -OCH3 is 1. The first-order valence-electron chi connectivity index (χ1n) is 27.3. The molecule has 2 N–H and O–H groups in total. The molecule has 7 heterocycles. The van der Waals surface area contributed by atoms with Crippen molar-refractivity contribution in [1.82, 2.24) is 40.0 Å². The molecule has 4 aromatic rings. The molecule has 5 aliphatic rings. The van der Waals surface area contributed by atoms with E-state index in [0.717, 1.165) is 51.1 Å². The van der Waals surface area contributed by atoms with Crippen molar-refractivity contribution in [1.29, 1.82) is 0 Å². The molecule has 76 heavy (non-hydrogen) atoms. The summed E-state index contributed by atoms with van der Waals surface area (Å²) in [5.74, 6) is 4.49. The van der Waals surface area contributed by atoms with Gasteiger partial charge >= 0.3 is 0 Å². The Hall–Kier alpha value is -5.74. The Bertz CT molecular complexity index is 2960. The fraction of sp³-hybridized carbons (Fsp3) is 0.559. The molecule has 0 radical (unpaired) electrons. The maximum atomic E-state index is 15.2. The first-order chi connectivity index (χ1) is 36.2. The molecule has 406 valence electrons. The van der Waals surface area contributed by atoms with Gasteiger partial charge in [-0.3, -0.25) is 34.1 Å². The number of likely N-dealkylation sites (N-methyl/N-ethyl adjacent to an activating group) is 1. The Balaban J connectivity index is 1.05. The predicted molar refractivity (Wildman–Crippen MR) is 296 cm³/mol. The van der Waals surface area contributed by atoms with Crippen LogP contribution < -0.4 is 10.7 Å². The van der Waals surface area contributed by atoms with Gasteiger partial charge in [-0.15, -0.1) is 0 Å². The molecule has 2 aromatic carbocycles. The summed E-state index contributed by atoms with van der Waals surface area (Å²) in [5, 5.41) is 5.80. The van der Waals surface area contributed by atoms with E-state index in [2.05, 4.69) is 84.3 Å². The van der Waals surface area contributed by atoms with Crippen LogP contribution in [0.1, 0.15) is 96.6 Å². The minimum atomic E-state index is -1.13. The number of rotatable bonds is 10. The monoisotopic (exact) mass is 1050 g/mol. The zero-order valence-corrected chi connectivity index (χ0v) is 48.3. The zero-order valence-electron chi connectivity index (χ0n) is 46.3. The van der Waals surface area contributed by atoms with Crippen molar-refractivity contribution < 1.29 is 38.2 Å². The van der Waals surface area contributed by atoms with Gasteiger partial charge in [0.1, 0.15) is 28.6 Å². The number of aryl methyl sites for hydroxylation is 1. The van der Waals surface area contributed by atoms with Gasteiger partial charge in [-0.05, 0) is 124 Å². The lowest BCUT2D eigenvalue weighted by molar-refractivity contribution is -0.149. The van der Waals surface area contributed by atoms with Crippen LogP contribution in [-0.4, -0.2) is 166 Å². The number of fused-ring (bicyclic) bond motifs is 6. The Morgan fingerprint density at radius 1 is 0.961 bits per heavy atom. The van der Waals surface area contributed by atoms with E-state index in [1.807, 2.05) is 64.2 Å². The molecule has 6 atom stereocenters. The smallest absolute Gasteiger partial charge is 0.298 e. The number of likely N-dealkylation sites (tertiary alicyclic amines) is 2. The Morgan fingerprint density at radius 2 is 1.74 bits per heavy atom. The van der Waals surface area contributed by atoms with Crippen molar-refractivity contribution in [2.75, 3.05) is 73.8 Å². The molecule has 9 rings (SSSR count). The fourth-order valence-corrected chi connectivity index (χ4v) is 13.0. The summed E-state index contributed by atoms with van der Waals surface area (Å²) < 4.78 is 20.6. The quantitative estimate of drug-likeness (QED) is 0.167. The van der Waals surface area contributed by atoms with E-state index in [9.17, 15) is 14.4 Å². The zero-order chi connectivity index (χ0) is 54.3. The topological polar surface area (TPSA) is 168 Å². The Kier molecular flexibility index (Phi) is 15.9. The molecule has 4 amide bonds. The number of amides is 4. The van der Waals surface area contributed by atoms with Gasteiger partial charge in [0.05, 0.1) is 53.0 Å². The number of benzene rings is 2. The molecular formula is C59H78N8O8Si. The highest BCUT2D eigenvalue weighted by Crippen LogP contribution is 2.44. The highest BCUT2D eigenvalue weighted by Gasteiger charge is 2.54. The highest BCUT2D eigenvalue weighted by atomic mass is 28.1. The molecule has 4 saturated heterocycles. The maximum Gasteiger partial charge on any atom is 0.298 e. The van der Waals surface area contributed by atoms with Gasteiger partial charge in [-0.25, -0.2) is 5.43 Å². The van der Waals surface area contributed by atoms with E-state index in [0.29, 0.717) is 78.0 Å². The van der Waals surface area contributed by atoms with Crippen LogP contribution in [0.3, 0.4) is 0 Å². The number of nitrogens with one attached hydrogen (secondary N) is 2. The third kappa shape index (κ3) is 10.5. The van der Waals surface area contributed by atoms with Gasteiger partial charge in [0.25, 0.3) is 11.8 Å². The van der Waals surface area contributed by atoms with Crippen LogP contribution in [-0.2, 0) is 57.6 Å². The third-order valence-electron chi connectivity index (χ3n) is 17.1. The van der Waals surface area contributed by atoms with E-state index < -0.39 is 39.9 Å². The number of carbonyl (C=O) groups is 5. The summed E-state index contributed by atoms with van der Waals surface area (Å²) in [7, 11) is 5.81. The number of hydrogen-bond acceptors (Lipinski definition) is 11. The lowest BCUT2D eigenvalue weighted by Gasteiger charge is -2.44. The van der Waals surface area contributed by atoms with Crippen LogP contribution in [0.25, 0.3) is 33.3 Å². The molecule has 16 nitrogen and oxygen atoms in total. The van der Waals surface area contributed by atoms with Gasteiger partial charge in [0.15, 0.2) is 0 Å². The minimum absolute atomic E-state index is 0.0100. The van der Waals surface area contributed by atoms with Gasteiger partial charge in [0.2, 0.25) is 11.8 Å². The molecule has 5 aliphatic heterocycles. The summed E-state index contributed by atoms with van der Waals surface area (Å²) in [4.78, 5) is 82.6. The van der Waals surface area contributed by atoms with E-state index >= 15 is 9.59 Å². The van der Waals surface area contributed by atoms with Crippen LogP contribution in [0.5, 0.6) is 0 Å². The number of carbonyl (C=O) groups excluding carboxylic acids is 5. The summed E-state index contributed by atoms with van der Waals surface area (Å²) in [6.07, 6.45) is 5.10. The van der Waals surface area contributed by atoms with Crippen molar-refractivity contribution in [3.05, 3.63) is 77.6 Å². The normalized spacial score (nSPS) is 25.8. The van der Waals surface area contributed by atoms with Crippen LogP contribution in [0, 0.1) is 28.6 Å². The second-order valence-electron chi connectivity index (χ2n) is 23.4. The number of nitrogens with zero attached hydrogens (tertiary/aromatic N) is 6. The van der Waals surface area contributed by atoms with Crippen LogP contribution in [0.2, 0.25) is 0 Å². The number of ether oxygens (including phenoxy) is 3. The van der Waals surface area contributed by atoms with E-state index in [1.165, 1.54) is 10.6 Å². The average Bonchev–Trinajstić information content (AvgIpc) is 4.22. The summed E-state index contributed by atoms with van der Waals surface area (Å²) >= 11 is 0.